The van der Waals surface area contributed by atoms with Crippen molar-refractivity contribution in [3.8, 4) is 11.5 Å². The third-order valence-corrected chi connectivity index (χ3v) is 5.53. The quantitative estimate of drug-likeness (QED) is 0.331. The molecule has 0 fully saturated rings. The third-order valence-electron chi connectivity index (χ3n) is 5.53. The van der Waals surface area contributed by atoms with Crippen LogP contribution in [0.3, 0.4) is 0 Å². The van der Waals surface area contributed by atoms with Crippen LogP contribution in [0.1, 0.15) is 60.9 Å². The van der Waals surface area contributed by atoms with Crippen molar-refractivity contribution in [3.63, 3.8) is 0 Å². The summed E-state index contributed by atoms with van der Waals surface area (Å²) in [5.74, 6) is 0.0129. The second kappa shape index (κ2) is 9.37. The molecule has 4 aromatic rings. The largest absolute Gasteiger partial charge is 0.456 e. The summed E-state index contributed by atoms with van der Waals surface area (Å²) in [5, 5.41) is 3.93. The van der Waals surface area contributed by atoms with E-state index in [1.54, 1.807) is 12.1 Å². The highest BCUT2D eigenvalue weighted by atomic mass is 16.6. The normalized spacial score (nSPS) is 12.4. The predicted molar refractivity (Wildman–Crippen MR) is 139 cm³/mol. The lowest BCUT2D eigenvalue weighted by atomic mass is 10.0. The number of hydrogen-bond acceptors (Lipinski definition) is 6. The summed E-state index contributed by atoms with van der Waals surface area (Å²) in [6, 6.07) is 17.9. The molecule has 2 heterocycles. The summed E-state index contributed by atoms with van der Waals surface area (Å²) in [6.45, 7) is 11.3. The van der Waals surface area contributed by atoms with Gasteiger partial charge in [0.1, 0.15) is 16.9 Å². The summed E-state index contributed by atoms with van der Waals surface area (Å²) >= 11 is 0. The van der Waals surface area contributed by atoms with Crippen molar-refractivity contribution in [2.24, 2.45) is 0 Å². The van der Waals surface area contributed by atoms with Gasteiger partial charge in [-0.1, -0.05) is 24.3 Å². The smallest absolute Gasteiger partial charge is 0.340 e. The SMILES string of the molecule is Cc1cc([C@@H](C)Nc2ccccc2C(=O)OC(C)(C)C)c2oc(-c3cccc(C)n3)cc(=O)c2c1. The lowest BCUT2D eigenvalue weighted by molar-refractivity contribution is 0.00706. The third kappa shape index (κ3) is 5.43. The summed E-state index contributed by atoms with van der Waals surface area (Å²) in [7, 11) is 0. The first-order valence-electron chi connectivity index (χ1n) is 11.6. The Balaban J connectivity index is 1.78. The molecule has 0 amide bonds. The number of fused-ring (bicyclic) bond motifs is 1. The topological polar surface area (TPSA) is 81.4 Å². The molecule has 1 atom stereocenters. The van der Waals surface area contributed by atoms with E-state index in [1.807, 2.05) is 84.0 Å². The van der Waals surface area contributed by atoms with Gasteiger partial charge in [-0.3, -0.25) is 4.79 Å². The average molecular weight is 471 g/mol. The fourth-order valence-electron chi connectivity index (χ4n) is 3.99. The Hall–Kier alpha value is -3.93. The molecule has 0 saturated heterocycles. The van der Waals surface area contributed by atoms with Crippen molar-refractivity contribution in [2.45, 2.75) is 53.2 Å². The Bertz CT molecular complexity index is 1460. The summed E-state index contributed by atoms with van der Waals surface area (Å²) in [6.07, 6.45) is 0. The van der Waals surface area contributed by atoms with Gasteiger partial charge in [0, 0.05) is 23.0 Å². The van der Waals surface area contributed by atoms with Crippen LogP contribution in [-0.2, 0) is 4.74 Å². The number of esters is 1. The van der Waals surface area contributed by atoms with Gasteiger partial charge in [-0.15, -0.1) is 0 Å². The first-order chi connectivity index (χ1) is 16.5. The summed E-state index contributed by atoms with van der Waals surface area (Å²) in [4.78, 5) is 30.4. The highest BCUT2D eigenvalue weighted by Gasteiger charge is 2.22. The van der Waals surface area contributed by atoms with Crippen LogP contribution in [0.25, 0.3) is 22.4 Å². The first kappa shape index (κ1) is 24.2. The lowest BCUT2D eigenvalue weighted by Gasteiger charge is -2.22. The van der Waals surface area contributed by atoms with E-state index in [0.717, 1.165) is 16.8 Å². The highest BCUT2D eigenvalue weighted by molar-refractivity contribution is 5.96. The zero-order valence-corrected chi connectivity index (χ0v) is 20.9. The van der Waals surface area contributed by atoms with Crippen LogP contribution in [0, 0.1) is 13.8 Å². The molecule has 0 saturated carbocycles. The Morgan fingerprint density at radius 1 is 1.03 bits per heavy atom. The van der Waals surface area contributed by atoms with Gasteiger partial charge in [-0.2, -0.15) is 0 Å². The zero-order chi connectivity index (χ0) is 25.3. The van der Waals surface area contributed by atoms with Gasteiger partial charge in [-0.05, 0) is 77.4 Å². The predicted octanol–water partition coefficient (Wildman–Crippen LogP) is 6.60. The first-order valence-corrected chi connectivity index (χ1v) is 11.6. The highest BCUT2D eigenvalue weighted by Crippen LogP contribution is 2.31. The second-order valence-corrected chi connectivity index (χ2v) is 9.78. The van der Waals surface area contributed by atoms with Crippen LogP contribution in [0.4, 0.5) is 5.69 Å². The summed E-state index contributed by atoms with van der Waals surface area (Å²) < 4.78 is 11.9. The number of carbonyl (C=O) groups excluding carboxylic acids is 1. The van der Waals surface area contributed by atoms with E-state index in [0.29, 0.717) is 33.7 Å². The van der Waals surface area contributed by atoms with E-state index >= 15 is 0 Å². The number of ether oxygens (including phenoxy) is 1. The van der Waals surface area contributed by atoms with Gasteiger partial charge in [-0.25, -0.2) is 9.78 Å². The van der Waals surface area contributed by atoms with E-state index in [1.165, 1.54) is 6.07 Å². The molecule has 6 nitrogen and oxygen atoms in total. The van der Waals surface area contributed by atoms with Gasteiger partial charge in [0.25, 0.3) is 0 Å². The van der Waals surface area contributed by atoms with Crippen LogP contribution < -0.4 is 10.7 Å². The van der Waals surface area contributed by atoms with E-state index in [2.05, 4.69) is 10.3 Å². The Kier molecular flexibility index (Phi) is 6.48. The molecule has 0 spiro atoms. The van der Waals surface area contributed by atoms with Crippen molar-refractivity contribution < 1.29 is 13.9 Å². The molecule has 0 bridgehead atoms. The molecule has 0 aliphatic rings. The number of anilines is 1. The number of rotatable bonds is 5. The van der Waals surface area contributed by atoms with Gasteiger partial charge >= 0.3 is 5.97 Å². The molecule has 0 aliphatic heterocycles. The van der Waals surface area contributed by atoms with Crippen molar-refractivity contribution in [2.75, 3.05) is 5.32 Å². The van der Waals surface area contributed by atoms with Crippen LogP contribution in [0.5, 0.6) is 0 Å². The molecular weight excluding hydrogens is 440 g/mol. The Labute approximate surface area is 205 Å². The lowest BCUT2D eigenvalue weighted by Crippen LogP contribution is -2.24. The van der Waals surface area contributed by atoms with E-state index < -0.39 is 11.6 Å². The number of aryl methyl sites for hydroxylation is 2. The molecule has 0 radical (unpaired) electrons. The number of nitrogens with one attached hydrogen (secondary N) is 1. The minimum Gasteiger partial charge on any atom is -0.456 e. The van der Waals surface area contributed by atoms with Crippen LogP contribution in [-0.4, -0.2) is 16.6 Å². The number of benzene rings is 2. The number of nitrogens with zero attached hydrogens (tertiary/aromatic N) is 1. The molecular formula is C29H30N2O4. The fourth-order valence-corrected chi connectivity index (χ4v) is 3.99. The molecule has 1 N–H and O–H groups in total. The molecule has 6 heteroatoms. The van der Waals surface area contributed by atoms with Crippen molar-refractivity contribution in [1.29, 1.82) is 0 Å². The van der Waals surface area contributed by atoms with E-state index in [9.17, 15) is 9.59 Å². The maximum absolute atomic E-state index is 13.1. The summed E-state index contributed by atoms with van der Waals surface area (Å²) in [5.41, 5.74) is 4.04. The minimum atomic E-state index is -0.605. The number of aromatic nitrogens is 1. The van der Waals surface area contributed by atoms with Crippen molar-refractivity contribution in [3.05, 3.63) is 93.3 Å². The maximum atomic E-state index is 13.1. The fraction of sp³-hybridized carbons (Fsp3) is 0.276. The van der Waals surface area contributed by atoms with Gasteiger partial charge in [0.15, 0.2) is 11.2 Å². The average Bonchev–Trinajstić information content (AvgIpc) is 2.78. The maximum Gasteiger partial charge on any atom is 0.340 e. The van der Waals surface area contributed by atoms with Crippen molar-refractivity contribution >= 4 is 22.6 Å². The molecule has 0 unspecified atom stereocenters. The van der Waals surface area contributed by atoms with Gasteiger partial charge in [0.2, 0.25) is 0 Å². The van der Waals surface area contributed by atoms with Crippen LogP contribution in [0.15, 0.2) is 69.9 Å². The monoisotopic (exact) mass is 470 g/mol. The van der Waals surface area contributed by atoms with E-state index in [4.69, 9.17) is 9.15 Å². The molecule has 180 valence electrons. The van der Waals surface area contributed by atoms with Crippen LogP contribution in [0.2, 0.25) is 0 Å². The number of para-hydroxylation sites is 1. The zero-order valence-electron chi connectivity index (χ0n) is 20.9. The van der Waals surface area contributed by atoms with E-state index in [-0.39, 0.29) is 11.5 Å². The number of hydrogen-bond donors (Lipinski definition) is 1. The molecule has 2 aromatic carbocycles. The van der Waals surface area contributed by atoms with Gasteiger partial charge in [0.05, 0.1) is 17.0 Å². The molecule has 0 aliphatic carbocycles. The van der Waals surface area contributed by atoms with Crippen molar-refractivity contribution in [1.82, 2.24) is 4.98 Å². The number of carbonyl (C=O) groups is 1. The Morgan fingerprint density at radius 2 is 1.77 bits per heavy atom. The number of pyridine rings is 1. The second-order valence-electron chi connectivity index (χ2n) is 9.78. The minimum absolute atomic E-state index is 0.129. The molecule has 4 rings (SSSR count). The van der Waals surface area contributed by atoms with Gasteiger partial charge < -0.3 is 14.5 Å². The Morgan fingerprint density at radius 3 is 2.49 bits per heavy atom. The molecule has 35 heavy (non-hydrogen) atoms. The molecule has 2 aromatic heterocycles. The standard InChI is InChI=1S/C29H30N2O4/c1-17-14-21(19(3)31-23-12-8-7-11-20(23)28(33)35-29(4,5)6)27-22(15-17)25(32)16-26(34-27)24-13-9-10-18(2)30-24/h7-16,19,31H,1-6H3/t19-/m1/s1. The van der Waals surface area contributed by atoms with Crippen LogP contribution >= 0.6 is 0 Å².